The third kappa shape index (κ3) is 2.73. The number of rotatable bonds is 4. The van der Waals surface area contributed by atoms with E-state index in [9.17, 15) is 0 Å². The summed E-state index contributed by atoms with van der Waals surface area (Å²) in [5.74, 6) is 0. The highest BCUT2D eigenvalue weighted by atomic mass is 16.5. The van der Waals surface area contributed by atoms with Gasteiger partial charge in [0.1, 0.15) is 0 Å². The third-order valence-electron chi connectivity index (χ3n) is 2.38. The second-order valence-electron chi connectivity index (χ2n) is 3.66. The quantitative estimate of drug-likeness (QED) is 0.669. The lowest BCUT2D eigenvalue weighted by molar-refractivity contribution is 0.0620. The van der Waals surface area contributed by atoms with Crippen LogP contribution in [0.15, 0.2) is 0 Å². The highest BCUT2D eigenvalue weighted by Gasteiger charge is 2.24. The molecule has 72 valence electrons. The first-order valence-electron chi connectivity index (χ1n) is 4.79. The van der Waals surface area contributed by atoms with Crippen LogP contribution in [-0.2, 0) is 4.74 Å². The molecule has 0 radical (unpaired) electrons. The first-order chi connectivity index (χ1) is 5.74. The minimum absolute atomic E-state index is 0.427. The topological polar surface area (TPSA) is 38.5 Å². The Morgan fingerprint density at radius 1 is 1.58 bits per heavy atom. The van der Waals surface area contributed by atoms with Gasteiger partial charge in [-0.25, -0.2) is 0 Å². The van der Waals surface area contributed by atoms with E-state index in [1.807, 2.05) is 0 Å². The van der Waals surface area contributed by atoms with Crippen molar-refractivity contribution < 1.29 is 4.74 Å². The van der Waals surface area contributed by atoms with Crippen molar-refractivity contribution in [2.24, 2.45) is 5.73 Å². The van der Waals surface area contributed by atoms with Crippen LogP contribution < -0.4 is 5.73 Å². The first-order valence-corrected chi connectivity index (χ1v) is 4.79. The van der Waals surface area contributed by atoms with Crippen molar-refractivity contribution in [3.8, 4) is 0 Å². The summed E-state index contributed by atoms with van der Waals surface area (Å²) in [6.45, 7) is 8.05. The Labute approximate surface area is 74.9 Å². The van der Waals surface area contributed by atoms with Crippen molar-refractivity contribution in [3.63, 3.8) is 0 Å². The molecule has 0 spiro atoms. The summed E-state index contributed by atoms with van der Waals surface area (Å²) in [6, 6.07) is 0.650. The molecule has 1 heterocycles. The van der Waals surface area contributed by atoms with Crippen molar-refractivity contribution >= 4 is 0 Å². The van der Waals surface area contributed by atoms with Crippen molar-refractivity contribution in [2.75, 3.05) is 26.2 Å². The molecule has 0 aromatic carbocycles. The summed E-state index contributed by atoms with van der Waals surface area (Å²) in [6.07, 6.45) is 1.59. The number of nitrogens with two attached hydrogens (primary N) is 1. The molecule has 1 atom stereocenters. The lowest BCUT2D eigenvalue weighted by Gasteiger charge is -2.19. The normalized spacial score (nSPS) is 25.5. The van der Waals surface area contributed by atoms with E-state index in [1.54, 1.807) is 0 Å². The van der Waals surface area contributed by atoms with E-state index in [1.165, 1.54) is 6.54 Å². The predicted octanol–water partition coefficient (Wildman–Crippen LogP) is 0.444. The lowest BCUT2D eigenvalue weighted by atomic mass is 10.3. The fourth-order valence-corrected chi connectivity index (χ4v) is 1.59. The van der Waals surface area contributed by atoms with Gasteiger partial charge in [-0.15, -0.1) is 0 Å². The van der Waals surface area contributed by atoms with Gasteiger partial charge in [-0.05, 0) is 20.3 Å². The van der Waals surface area contributed by atoms with Gasteiger partial charge in [-0.1, -0.05) is 0 Å². The van der Waals surface area contributed by atoms with Crippen molar-refractivity contribution in [3.05, 3.63) is 0 Å². The molecule has 1 fully saturated rings. The second-order valence-corrected chi connectivity index (χ2v) is 3.66. The molecular formula is C9H20N2O. The molecule has 0 aromatic heterocycles. The molecule has 2 N–H and O–H groups in total. The SMILES string of the molecule is CC(C)N1CCC(OCCN)C1. The van der Waals surface area contributed by atoms with E-state index in [2.05, 4.69) is 18.7 Å². The van der Waals surface area contributed by atoms with Crippen LogP contribution >= 0.6 is 0 Å². The maximum atomic E-state index is 5.57. The fourth-order valence-electron chi connectivity index (χ4n) is 1.59. The summed E-state index contributed by atoms with van der Waals surface area (Å²) in [4.78, 5) is 2.45. The Balaban J connectivity index is 2.17. The minimum Gasteiger partial charge on any atom is -0.376 e. The summed E-state index contributed by atoms with van der Waals surface area (Å²) in [5, 5.41) is 0. The molecule has 1 rings (SSSR count). The Kier molecular flexibility index (Phi) is 3.98. The van der Waals surface area contributed by atoms with Gasteiger partial charge in [0.2, 0.25) is 0 Å². The summed E-state index contributed by atoms with van der Waals surface area (Å²) < 4.78 is 5.57. The highest BCUT2D eigenvalue weighted by molar-refractivity contribution is 4.78. The van der Waals surface area contributed by atoms with Gasteiger partial charge in [0.15, 0.2) is 0 Å². The van der Waals surface area contributed by atoms with Gasteiger partial charge < -0.3 is 10.5 Å². The molecule has 1 unspecified atom stereocenters. The molecule has 1 saturated heterocycles. The van der Waals surface area contributed by atoms with Crippen LogP contribution in [0.1, 0.15) is 20.3 Å². The van der Waals surface area contributed by atoms with Crippen LogP contribution in [0.2, 0.25) is 0 Å². The van der Waals surface area contributed by atoms with Gasteiger partial charge in [0.25, 0.3) is 0 Å². The van der Waals surface area contributed by atoms with Crippen molar-refractivity contribution in [1.82, 2.24) is 4.90 Å². The van der Waals surface area contributed by atoms with Gasteiger partial charge >= 0.3 is 0 Å². The zero-order chi connectivity index (χ0) is 8.97. The van der Waals surface area contributed by atoms with Crippen LogP contribution in [0.4, 0.5) is 0 Å². The molecule has 0 bridgehead atoms. The maximum absolute atomic E-state index is 5.57. The summed E-state index contributed by atoms with van der Waals surface area (Å²) in [7, 11) is 0. The standard InChI is InChI=1S/C9H20N2O/c1-8(2)11-5-3-9(7-11)12-6-4-10/h8-9H,3-7,10H2,1-2H3. The zero-order valence-corrected chi connectivity index (χ0v) is 8.12. The van der Waals surface area contributed by atoms with E-state index >= 15 is 0 Å². The molecule has 12 heavy (non-hydrogen) atoms. The molecular weight excluding hydrogens is 152 g/mol. The van der Waals surface area contributed by atoms with E-state index < -0.39 is 0 Å². The Morgan fingerprint density at radius 3 is 2.83 bits per heavy atom. The average molecular weight is 172 g/mol. The van der Waals surface area contributed by atoms with Gasteiger partial charge in [-0.2, -0.15) is 0 Å². The van der Waals surface area contributed by atoms with Crippen LogP contribution in [0, 0.1) is 0 Å². The monoisotopic (exact) mass is 172 g/mol. The van der Waals surface area contributed by atoms with Crippen LogP contribution in [0.5, 0.6) is 0 Å². The smallest absolute Gasteiger partial charge is 0.0714 e. The maximum Gasteiger partial charge on any atom is 0.0714 e. The molecule has 1 aliphatic rings. The number of nitrogens with zero attached hydrogens (tertiary/aromatic N) is 1. The number of hydrogen-bond donors (Lipinski definition) is 1. The first kappa shape index (κ1) is 9.96. The number of likely N-dealkylation sites (tertiary alicyclic amines) is 1. The van der Waals surface area contributed by atoms with Crippen molar-refractivity contribution in [1.29, 1.82) is 0 Å². The van der Waals surface area contributed by atoms with Gasteiger partial charge in [-0.3, -0.25) is 4.90 Å². The summed E-state index contributed by atoms with van der Waals surface area (Å²) >= 11 is 0. The zero-order valence-electron chi connectivity index (χ0n) is 8.12. The van der Waals surface area contributed by atoms with Crippen LogP contribution in [0.3, 0.4) is 0 Å². The van der Waals surface area contributed by atoms with E-state index in [0.29, 0.717) is 25.3 Å². The van der Waals surface area contributed by atoms with Crippen molar-refractivity contribution in [2.45, 2.75) is 32.4 Å². The fraction of sp³-hybridized carbons (Fsp3) is 1.00. The Hall–Kier alpha value is -0.120. The molecule has 0 aromatic rings. The number of ether oxygens (including phenoxy) is 1. The van der Waals surface area contributed by atoms with Crippen LogP contribution in [0.25, 0.3) is 0 Å². The molecule has 3 nitrogen and oxygen atoms in total. The van der Waals surface area contributed by atoms with Gasteiger partial charge in [0.05, 0.1) is 12.7 Å². The van der Waals surface area contributed by atoms with E-state index in [-0.39, 0.29) is 0 Å². The molecule has 0 amide bonds. The summed E-state index contributed by atoms with van der Waals surface area (Å²) in [5.41, 5.74) is 5.36. The molecule has 1 aliphatic heterocycles. The largest absolute Gasteiger partial charge is 0.376 e. The van der Waals surface area contributed by atoms with Crippen LogP contribution in [-0.4, -0.2) is 43.3 Å². The van der Waals surface area contributed by atoms with Gasteiger partial charge in [0, 0.05) is 25.7 Å². The average Bonchev–Trinajstić information content (AvgIpc) is 2.48. The van der Waals surface area contributed by atoms with E-state index in [4.69, 9.17) is 10.5 Å². The second kappa shape index (κ2) is 4.80. The number of hydrogen-bond acceptors (Lipinski definition) is 3. The Bertz CT molecular complexity index is 128. The minimum atomic E-state index is 0.427. The van der Waals surface area contributed by atoms with E-state index in [0.717, 1.165) is 13.0 Å². The Morgan fingerprint density at radius 2 is 2.33 bits per heavy atom. The third-order valence-corrected chi connectivity index (χ3v) is 2.38. The molecule has 3 heteroatoms. The highest BCUT2D eigenvalue weighted by Crippen LogP contribution is 2.14. The molecule has 0 aliphatic carbocycles. The lowest BCUT2D eigenvalue weighted by Crippen LogP contribution is -2.30. The predicted molar refractivity (Wildman–Crippen MR) is 50.1 cm³/mol. The molecule has 0 saturated carbocycles.